The number of ether oxygens (including phenoxy) is 2. The Morgan fingerprint density at radius 1 is 0.844 bits per heavy atom. The third kappa shape index (κ3) is 5.98. The normalized spacial score (nSPS) is 12.8. The van der Waals surface area contributed by atoms with Gasteiger partial charge >= 0.3 is 0 Å². The molecule has 0 aliphatic rings. The van der Waals surface area contributed by atoms with E-state index in [9.17, 15) is 4.39 Å². The van der Waals surface area contributed by atoms with Crippen molar-refractivity contribution < 1.29 is 13.9 Å². The summed E-state index contributed by atoms with van der Waals surface area (Å²) in [7, 11) is 1.60. The molecule has 3 aromatic carbocycles. The molecule has 170 valence electrons. The van der Waals surface area contributed by atoms with Crippen LogP contribution < -0.4 is 4.74 Å². The van der Waals surface area contributed by atoms with Gasteiger partial charge < -0.3 is 9.47 Å². The van der Waals surface area contributed by atoms with Gasteiger partial charge in [0.15, 0.2) is 0 Å². The molecule has 3 aromatic rings. The van der Waals surface area contributed by atoms with Crippen LogP contribution in [0.2, 0.25) is 0 Å². The van der Waals surface area contributed by atoms with Gasteiger partial charge in [0.2, 0.25) is 0 Å². The lowest BCUT2D eigenvalue weighted by Crippen LogP contribution is -2.22. The molecule has 0 spiro atoms. The third-order valence-corrected chi connectivity index (χ3v) is 5.55. The molecule has 2 nitrogen and oxygen atoms in total. The second-order valence-corrected chi connectivity index (χ2v) is 9.91. The van der Waals surface area contributed by atoms with Crippen LogP contribution in [0.25, 0.3) is 11.1 Å². The first-order valence-electron chi connectivity index (χ1n) is 11.3. The van der Waals surface area contributed by atoms with Gasteiger partial charge in [-0.25, -0.2) is 4.39 Å². The molecule has 0 aliphatic heterocycles. The Balaban J connectivity index is 2.12. The Bertz CT molecular complexity index is 1020. The second kappa shape index (κ2) is 10.3. The van der Waals surface area contributed by atoms with Crippen molar-refractivity contribution in [2.24, 2.45) is 11.3 Å². The molecule has 0 bridgehead atoms. The fourth-order valence-electron chi connectivity index (χ4n) is 4.07. The first-order chi connectivity index (χ1) is 15.2. The van der Waals surface area contributed by atoms with Crippen molar-refractivity contribution >= 4 is 0 Å². The van der Waals surface area contributed by atoms with Gasteiger partial charge in [0.25, 0.3) is 0 Å². The van der Waals surface area contributed by atoms with Gasteiger partial charge in [-0.15, -0.1) is 0 Å². The fourth-order valence-corrected chi connectivity index (χ4v) is 4.07. The van der Waals surface area contributed by atoms with Gasteiger partial charge in [-0.1, -0.05) is 83.1 Å². The Morgan fingerprint density at radius 3 is 2.19 bits per heavy atom. The molecule has 0 heterocycles. The van der Waals surface area contributed by atoms with Crippen LogP contribution in [0.5, 0.6) is 5.75 Å². The predicted octanol–water partition coefficient (Wildman–Crippen LogP) is 8.00. The number of benzene rings is 3. The van der Waals surface area contributed by atoms with Crippen LogP contribution in [0.3, 0.4) is 0 Å². The summed E-state index contributed by atoms with van der Waals surface area (Å²) in [5, 5.41) is 0. The maximum atomic E-state index is 15.0. The zero-order valence-electron chi connectivity index (χ0n) is 20.1. The van der Waals surface area contributed by atoms with Crippen molar-refractivity contribution in [1.29, 1.82) is 0 Å². The Hall–Kier alpha value is -2.65. The van der Waals surface area contributed by atoms with E-state index in [1.165, 1.54) is 11.6 Å². The van der Waals surface area contributed by atoms with Gasteiger partial charge in [-0.2, -0.15) is 0 Å². The molecule has 3 heteroatoms. The number of methoxy groups -OCH3 is 1. The van der Waals surface area contributed by atoms with E-state index in [0.29, 0.717) is 23.8 Å². The highest BCUT2D eigenvalue weighted by atomic mass is 19.1. The highest BCUT2D eigenvalue weighted by molar-refractivity contribution is 5.70. The Morgan fingerprint density at radius 2 is 1.56 bits per heavy atom. The quantitative estimate of drug-likeness (QED) is 0.357. The van der Waals surface area contributed by atoms with Crippen LogP contribution in [-0.2, 0) is 17.8 Å². The standard InChI is InChI=1S/C29H35FO2/c1-20(2)16-22-12-14-24(25-18-23(31-6)13-15-27(25)30)26(17-22)28(29(3,4)5)32-19-21-10-8-7-9-11-21/h7-15,17-18,20,28H,16,19H2,1-6H3/t28-/m0/s1. The first-order valence-corrected chi connectivity index (χ1v) is 11.3. The molecule has 0 saturated heterocycles. The lowest BCUT2D eigenvalue weighted by molar-refractivity contribution is -0.0301. The molecular weight excluding hydrogens is 399 g/mol. The van der Waals surface area contributed by atoms with Gasteiger partial charge in [-0.05, 0) is 58.2 Å². The van der Waals surface area contributed by atoms with Gasteiger partial charge in [-0.3, -0.25) is 0 Å². The number of rotatable bonds is 8. The number of halogens is 1. The summed E-state index contributed by atoms with van der Waals surface area (Å²) in [6.07, 6.45) is 0.749. The molecular formula is C29H35FO2. The van der Waals surface area contributed by atoms with Crippen molar-refractivity contribution in [3.8, 4) is 16.9 Å². The van der Waals surface area contributed by atoms with Crippen LogP contribution >= 0.6 is 0 Å². The van der Waals surface area contributed by atoms with Crippen molar-refractivity contribution in [2.75, 3.05) is 7.11 Å². The zero-order chi connectivity index (χ0) is 23.3. The summed E-state index contributed by atoms with van der Waals surface area (Å²) in [6.45, 7) is 11.4. The fraction of sp³-hybridized carbons (Fsp3) is 0.379. The largest absolute Gasteiger partial charge is 0.497 e. The van der Waals surface area contributed by atoms with E-state index < -0.39 is 0 Å². The van der Waals surface area contributed by atoms with E-state index in [1.807, 2.05) is 24.3 Å². The van der Waals surface area contributed by atoms with Crippen LogP contribution in [0.15, 0.2) is 66.7 Å². The number of hydrogen-bond donors (Lipinski definition) is 0. The molecule has 0 N–H and O–H groups in total. The van der Waals surface area contributed by atoms with Crippen LogP contribution in [0.4, 0.5) is 4.39 Å². The van der Waals surface area contributed by atoms with Crippen LogP contribution in [-0.4, -0.2) is 7.11 Å². The molecule has 0 aliphatic carbocycles. The van der Waals surface area contributed by atoms with E-state index in [4.69, 9.17) is 9.47 Å². The minimum Gasteiger partial charge on any atom is -0.497 e. The average Bonchev–Trinajstić information content (AvgIpc) is 2.74. The van der Waals surface area contributed by atoms with Crippen LogP contribution in [0, 0.1) is 17.2 Å². The highest BCUT2D eigenvalue weighted by Gasteiger charge is 2.30. The maximum absolute atomic E-state index is 15.0. The molecule has 0 aromatic heterocycles. The number of hydrogen-bond acceptors (Lipinski definition) is 2. The molecule has 0 fully saturated rings. The van der Waals surface area contributed by atoms with Crippen LogP contribution in [0.1, 0.15) is 57.4 Å². The van der Waals surface area contributed by atoms with E-state index in [0.717, 1.165) is 23.1 Å². The monoisotopic (exact) mass is 434 g/mol. The molecule has 0 saturated carbocycles. The molecule has 32 heavy (non-hydrogen) atoms. The topological polar surface area (TPSA) is 18.5 Å². The second-order valence-electron chi connectivity index (χ2n) is 9.91. The highest BCUT2D eigenvalue weighted by Crippen LogP contribution is 2.43. The summed E-state index contributed by atoms with van der Waals surface area (Å²) in [6, 6.07) is 21.4. The minimum absolute atomic E-state index is 0.185. The Labute approximate surface area is 192 Å². The van der Waals surface area contributed by atoms with Crippen molar-refractivity contribution in [1.82, 2.24) is 0 Å². The lowest BCUT2D eigenvalue weighted by atomic mass is 9.80. The van der Waals surface area contributed by atoms with E-state index in [1.54, 1.807) is 19.2 Å². The van der Waals surface area contributed by atoms with Crippen molar-refractivity contribution in [3.63, 3.8) is 0 Å². The summed E-state index contributed by atoms with van der Waals surface area (Å²) < 4.78 is 26.9. The van der Waals surface area contributed by atoms with Gasteiger partial charge in [0, 0.05) is 5.56 Å². The van der Waals surface area contributed by atoms with Crippen molar-refractivity contribution in [3.05, 3.63) is 89.2 Å². The SMILES string of the molecule is COc1ccc(F)c(-c2ccc(CC(C)C)cc2[C@H](OCc2ccccc2)C(C)(C)C)c1. The predicted molar refractivity (Wildman–Crippen MR) is 130 cm³/mol. The average molecular weight is 435 g/mol. The summed E-state index contributed by atoms with van der Waals surface area (Å²) in [4.78, 5) is 0. The van der Waals surface area contributed by atoms with E-state index in [-0.39, 0.29) is 17.3 Å². The molecule has 3 rings (SSSR count). The first kappa shape index (κ1) is 24.0. The zero-order valence-corrected chi connectivity index (χ0v) is 20.1. The Kier molecular flexibility index (Phi) is 7.73. The maximum Gasteiger partial charge on any atom is 0.131 e. The molecule has 1 atom stereocenters. The summed E-state index contributed by atoms with van der Waals surface area (Å²) in [5.41, 5.74) is 4.57. The van der Waals surface area contributed by atoms with E-state index in [2.05, 4.69) is 58.9 Å². The summed E-state index contributed by atoms with van der Waals surface area (Å²) in [5.74, 6) is 0.899. The van der Waals surface area contributed by atoms with Gasteiger partial charge in [0.05, 0.1) is 19.8 Å². The van der Waals surface area contributed by atoms with Crippen molar-refractivity contribution in [2.45, 2.75) is 53.8 Å². The smallest absolute Gasteiger partial charge is 0.131 e. The lowest BCUT2D eigenvalue weighted by Gasteiger charge is -2.33. The molecule has 0 unspecified atom stereocenters. The van der Waals surface area contributed by atoms with E-state index >= 15 is 0 Å². The summed E-state index contributed by atoms with van der Waals surface area (Å²) >= 11 is 0. The molecule has 0 radical (unpaired) electrons. The molecule has 0 amide bonds. The van der Waals surface area contributed by atoms with Gasteiger partial charge in [0.1, 0.15) is 11.6 Å². The minimum atomic E-state index is -0.264. The third-order valence-electron chi connectivity index (χ3n) is 5.55.